The fourth-order valence-corrected chi connectivity index (χ4v) is 7.21. The fraction of sp³-hybridized carbons (Fsp3) is 0.878. The summed E-state index contributed by atoms with van der Waals surface area (Å²) in [5.41, 5.74) is 0. The summed E-state index contributed by atoms with van der Waals surface area (Å²) in [5, 5.41) is 23.1. The molecule has 0 aliphatic carbocycles. The highest BCUT2D eigenvalue weighted by Gasteiger charge is 2.20. The van der Waals surface area contributed by atoms with E-state index in [0.29, 0.717) is 25.9 Å². The third-order valence-corrected chi connectivity index (χ3v) is 11.0. The second-order valence-corrected chi connectivity index (χ2v) is 16.4. The number of hydrogen-bond acceptors (Lipinski definition) is 5. The minimum atomic E-state index is -0.679. The Hall–Kier alpha value is -1.66. The molecule has 0 aromatic carbocycles. The van der Waals surface area contributed by atoms with Crippen molar-refractivity contribution < 1.29 is 24.5 Å². The summed E-state index contributed by atoms with van der Waals surface area (Å²) < 4.78 is 5.43. The molecule has 0 fully saturated rings. The molecule has 0 aromatic rings. The van der Waals surface area contributed by atoms with Crippen LogP contribution in [0, 0.1) is 0 Å². The average molecular weight is 776 g/mol. The Labute approximate surface area is 341 Å². The van der Waals surface area contributed by atoms with E-state index in [0.717, 1.165) is 77.0 Å². The maximum absolute atomic E-state index is 12.4. The lowest BCUT2D eigenvalue weighted by atomic mass is 10.0. The Morgan fingerprint density at radius 3 is 1.29 bits per heavy atom. The molecule has 3 N–H and O–H groups in total. The highest BCUT2D eigenvalue weighted by atomic mass is 16.5. The first-order valence-electron chi connectivity index (χ1n) is 24.1. The molecule has 0 spiro atoms. The smallest absolute Gasteiger partial charge is 0.305 e. The van der Waals surface area contributed by atoms with Gasteiger partial charge < -0.3 is 20.3 Å². The highest BCUT2D eigenvalue weighted by molar-refractivity contribution is 5.76. The first-order valence-corrected chi connectivity index (χ1v) is 24.1. The third-order valence-electron chi connectivity index (χ3n) is 11.0. The van der Waals surface area contributed by atoms with E-state index >= 15 is 0 Å². The number of rotatable bonds is 44. The van der Waals surface area contributed by atoms with E-state index in [1.165, 1.54) is 141 Å². The molecule has 2 atom stereocenters. The number of amides is 1. The maximum atomic E-state index is 12.4. The highest BCUT2D eigenvalue weighted by Crippen LogP contribution is 2.15. The number of esters is 1. The standard InChI is InChI=1S/C49H93NO5/c1-3-5-7-9-11-13-15-17-18-23-27-31-35-39-43-49(54)55-44-40-36-32-28-24-20-19-22-26-30-34-38-42-48(53)50-46(45-51)47(52)41-37-33-29-25-21-16-14-12-10-8-6-4-2/h15,17,20,24,46-47,51-52H,3-14,16,18-19,21-23,25-45H2,1-2H3,(H,50,53)/b17-15-,24-20-. The van der Waals surface area contributed by atoms with E-state index in [2.05, 4.69) is 43.5 Å². The Balaban J connectivity index is 3.52. The van der Waals surface area contributed by atoms with Crippen molar-refractivity contribution in [3.63, 3.8) is 0 Å². The summed E-state index contributed by atoms with van der Waals surface area (Å²) in [5.74, 6) is -0.0944. The van der Waals surface area contributed by atoms with Crippen molar-refractivity contribution in [2.45, 2.75) is 264 Å². The molecule has 1 amide bonds. The van der Waals surface area contributed by atoms with Crippen molar-refractivity contribution in [1.82, 2.24) is 5.32 Å². The molecule has 0 rings (SSSR count). The molecule has 0 saturated heterocycles. The number of aliphatic hydroxyl groups excluding tert-OH is 2. The van der Waals surface area contributed by atoms with Gasteiger partial charge in [0.15, 0.2) is 0 Å². The van der Waals surface area contributed by atoms with Gasteiger partial charge in [-0.1, -0.05) is 179 Å². The molecular formula is C49H93NO5. The topological polar surface area (TPSA) is 95.9 Å². The zero-order valence-electron chi connectivity index (χ0n) is 36.7. The van der Waals surface area contributed by atoms with Gasteiger partial charge in [0, 0.05) is 12.8 Å². The molecule has 0 aromatic heterocycles. The zero-order chi connectivity index (χ0) is 40.1. The maximum Gasteiger partial charge on any atom is 0.305 e. The lowest BCUT2D eigenvalue weighted by molar-refractivity contribution is -0.143. The van der Waals surface area contributed by atoms with Crippen LogP contribution in [0.1, 0.15) is 251 Å². The molecule has 324 valence electrons. The van der Waals surface area contributed by atoms with E-state index in [4.69, 9.17) is 4.74 Å². The first-order chi connectivity index (χ1) is 27.0. The largest absolute Gasteiger partial charge is 0.466 e. The summed E-state index contributed by atoms with van der Waals surface area (Å²) in [7, 11) is 0. The molecular weight excluding hydrogens is 683 g/mol. The first kappa shape index (κ1) is 53.3. The molecule has 55 heavy (non-hydrogen) atoms. The van der Waals surface area contributed by atoms with E-state index < -0.39 is 12.1 Å². The van der Waals surface area contributed by atoms with Crippen LogP contribution in [-0.4, -0.2) is 47.4 Å². The van der Waals surface area contributed by atoms with Crippen LogP contribution in [0.15, 0.2) is 24.3 Å². The van der Waals surface area contributed by atoms with Gasteiger partial charge in [-0.05, 0) is 83.5 Å². The van der Waals surface area contributed by atoms with Crippen molar-refractivity contribution in [3.8, 4) is 0 Å². The Bertz CT molecular complexity index is 858. The van der Waals surface area contributed by atoms with Gasteiger partial charge in [0.2, 0.25) is 5.91 Å². The molecule has 0 aliphatic rings. The normalized spacial score (nSPS) is 12.9. The van der Waals surface area contributed by atoms with Crippen molar-refractivity contribution in [2.24, 2.45) is 0 Å². The number of carbonyl (C=O) groups is 2. The van der Waals surface area contributed by atoms with Crippen LogP contribution in [0.4, 0.5) is 0 Å². The summed E-state index contributed by atoms with van der Waals surface area (Å²) >= 11 is 0. The minimum Gasteiger partial charge on any atom is -0.466 e. The van der Waals surface area contributed by atoms with Crippen molar-refractivity contribution in [1.29, 1.82) is 0 Å². The average Bonchev–Trinajstić information content (AvgIpc) is 3.18. The number of nitrogens with one attached hydrogen (secondary N) is 1. The minimum absolute atomic E-state index is 0.0318. The van der Waals surface area contributed by atoms with Gasteiger partial charge in [-0.15, -0.1) is 0 Å². The summed E-state index contributed by atoms with van der Waals surface area (Å²) in [6.45, 7) is 4.86. The number of hydrogen-bond donors (Lipinski definition) is 3. The van der Waals surface area contributed by atoms with Gasteiger partial charge in [0.1, 0.15) is 0 Å². The quantitative estimate of drug-likeness (QED) is 0.0325. The van der Waals surface area contributed by atoms with Crippen LogP contribution in [0.5, 0.6) is 0 Å². The van der Waals surface area contributed by atoms with Gasteiger partial charge in [0.25, 0.3) is 0 Å². The summed E-state index contributed by atoms with van der Waals surface area (Å²) in [4.78, 5) is 24.4. The molecule has 0 heterocycles. The second-order valence-electron chi connectivity index (χ2n) is 16.4. The van der Waals surface area contributed by atoms with Crippen LogP contribution in [0.3, 0.4) is 0 Å². The molecule has 0 bridgehead atoms. The predicted molar refractivity (Wildman–Crippen MR) is 236 cm³/mol. The lowest BCUT2D eigenvalue weighted by Crippen LogP contribution is -2.45. The zero-order valence-corrected chi connectivity index (χ0v) is 36.7. The molecule has 0 saturated carbocycles. The number of allylic oxidation sites excluding steroid dienone is 4. The fourth-order valence-electron chi connectivity index (χ4n) is 7.21. The van der Waals surface area contributed by atoms with E-state index in [1.54, 1.807) is 0 Å². The Kier molecular flexibility index (Phi) is 43.7. The summed E-state index contributed by atoms with van der Waals surface area (Å²) in [6, 6.07) is -0.559. The third kappa shape index (κ3) is 41.8. The Morgan fingerprint density at radius 1 is 0.491 bits per heavy atom. The Morgan fingerprint density at radius 2 is 0.855 bits per heavy atom. The van der Waals surface area contributed by atoms with Crippen LogP contribution < -0.4 is 5.32 Å². The van der Waals surface area contributed by atoms with Crippen molar-refractivity contribution >= 4 is 11.9 Å². The van der Waals surface area contributed by atoms with Gasteiger partial charge >= 0.3 is 5.97 Å². The van der Waals surface area contributed by atoms with E-state index in [9.17, 15) is 19.8 Å². The SMILES string of the molecule is CCCCCCC/C=C\CCCCCCCC(=O)OCCCCC/C=C\CCCCCCCC(=O)NC(CO)C(O)CCCCCCCCCCCCCC. The number of ether oxygens (including phenoxy) is 1. The number of unbranched alkanes of at least 4 members (excludes halogenated alkanes) is 29. The van der Waals surface area contributed by atoms with Gasteiger partial charge in [-0.3, -0.25) is 9.59 Å². The summed E-state index contributed by atoms with van der Waals surface area (Å²) in [6.07, 6.45) is 51.4. The monoisotopic (exact) mass is 776 g/mol. The van der Waals surface area contributed by atoms with Crippen molar-refractivity contribution in [3.05, 3.63) is 24.3 Å². The van der Waals surface area contributed by atoms with E-state index in [1.807, 2.05) is 0 Å². The molecule has 0 aliphatic heterocycles. The van der Waals surface area contributed by atoms with Gasteiger partial charge in [-0.25, -0.2) is 0 Å². The predicted octanol–water partition coefficient (Wildman–Crippen LogP) is 14.0. The van der Waals surface area contributed by atoms with E-state index in [-0.39, 0.29) is 18.5 Å². The number of aliphatic hydroxyl groups is 2. The molecule has 2 unspecified atom stereocenters. The van der Waals surface area contributed by atoms with Crippen LogP contribution >= 0.6 is 0 Å². The molecule has 6 nitrogen and oxygen atoms in total. The van der Waals surface area contributed by atoms with Crippen molar-refractivity contribution in [2.75, 3.05) is 13.2 Å². The van der Waals surface area contributed by atoms with Crippen LogP contribution in [-0.2, 0) is 14.3 Å². The molecule has 6 heteroatoms. The molecule has 0 radical (unpaired) electrons. The number of carbonyl (C=O) groups excluding carboxylic acids is 2. The van der Waals surface area contributed by atoms with Gasteiger partial charge in [-0.2, -0.15) is 0 Å². The van der Waals surface area contributed by atoms with Crippen LogP contribution in [0.2, 0.25) is 0 Å². The lowest BCUT2D eigenvalue weighted by Gasteiger charge is -2.22. The van der Waals surface area contributed by atoms with Gasteiger partial charge in [0.05, 0.1) is 25.4 Å². The van der Waals surface area contributed by atoms with Crippen LogP contribution in [0.25, 0.3) is 0 Å². The second kappa shape index (κ2) is 45.0.